The Morgan fingerprint density at radius 1 is 1.24 bits per heavy atom. The Morgan fingerprint density at radius 2 is 2.07 bits per heavy atom. The molecule has 29 heavy (non-hydrogen) atoms. The summed E-state index contributed by atoms with van der Waals surface area (Å²) in [6.45, 7) is 0.389. The molecule has 3 fully saturated rings. The van der Waals surface area contributed by atoms with Crippen LogP contribution in [-0.2, 0) is 4.79 Å². The highest BCUT2D eigenvalue weighted by Gasteiger charge is 2.47. The fraction of sp³-hybridized carbons (Fsp3) is 0.889. The first-order valence-electron chi connectivity index (χ1n) is 10.4. The van der Waals surface area contributed by atoms with Crippen molar-refractivity contribution in [3.05, 3.63) is 0 Å². The topological polar surface area (TPSA) is 130 Å². The van der Waals surface area contributed by atoms with Crippen LogP contribution in [0.5, 0.6) is 0 Å². The third-order valence-corrected chi connectivity index (χ3v) is 6.88. The van der Waals surface area contributed by atoms with E-state index in [4.69, 9.17) is 11.6 Å². The summed E-state index contributed by atoms with van der Waals surface area (Å²) >= 11 is 6.12. The third-order valence-electron chi connectivity index (χ3n) is 6.52. The van der Waals surface area contributed by atoms with Crippen LogP contribution in [0.1, 0.15) is 32.1 Å². The highest BCUT2D eigenvalue weighted by molar-refractivity contribution is 6.20. The maximum Gasteiger partial charge on any atom is 0.239 e. The van der Waals surface area contributed by atoms with Crippen LogP contribution in [0.15, 0.2) is 4.99 Å². The van der Waals surface area contributed by atoms with Gasteiger partial charge in [0.25, 0.3) is 0 Å². The van der Waals surface area contributed by atoms with Crippen molar-refractivity contribution in [2.75, 3.05) is 6.54 Å². The highest BCUT2D eigenvalue weighted by Crippen LogP contribution is 2.30. The third kappa shape index (κ3) is 4.67. The quantitative estimate of drug-likeness (QED) is 0.269. The van der Waals surface area contributed by atoms with Crippen LogP contribution in [0.4, 0.5) is 4.39 Å². The van der Waals surface area contributed by atoms with Gasteiger partial charge >= 0.3 is 0 Å². The van der Waals surface area contributed by atoms with Crippen LogP contribution in [0.25, 0.3) is 0 Å². The first kappa shape index (κ1) is 21.2. The molecule has 11 heteroatoms. The van der Waals surface area contributed by atoms with Crippen molar-refractivity contribution in [3.63, 3.8) is 0 Å². The summed E-state index contributed by atoms with van der Waals surface area (Å²) in [7, 11) is 0. The van der Waals surface area contributed by atoms with Gasteiger partial charge in [-0.1, -0.05) is 0 Å². The minimum Gasteiger partial charge on any atom is -0.390 e. The van der Waals surface area contributed by atoms with E-state index in [1.165, 1.54) is 0 Å². The van der Waals surface area contributed by atoms with Gasteiger partial charge in [0, 0.05) is 18.0 Å². The number of rotatable bonds is 5. The summed E-state index contributed by atoms with van der Waals surface area (Å²) in [5, 5.41) is 29.1. The predicted molar refractivity (Wildman–Crippen MR) is 106 cm³/mol. The van der Waals surface area contributed by atoms with E-state index in [0.717, 1.165) is 0 Å². The average Bonchev–Trinajstić information content (AvgIpc) is 3.25. The number of aliphatic hydroxyl groups is 2. The number of hydrogen-bond acceptors (Lipinski definition) is 8. The van der Waals surface area contributed by atoms with Gasteiger partial charge in [0.2, 0.25) is 5.91 Å². The van der Waals surface area contributed by atoms with Gasteiger partial charge in [-0.05, 0) is 38.0 Å². The molecule has 0 aromatic rings. The normalized spacial score (nSPS) is 46.9. The molecule has 0 aromatic carbocycles. The van der Waals surface area contributed by atoms with Crippen molar-refractivity contribution >= 4 is 23.8 Å². The van der Waals surface area contributed by atoms with Crippen LogP contribution in [0.3, 0.4) is 0 Å². The fourth-order valence-corrected chi connectivity index (χ4v) is 5.40. The van der Waals surface area contributed by atoms with Crippen molar-refractivity contribution in [2.45, 2.75) is 80.3 Å². The predicted octanol–water partition coefficient (Wildman–Crippen LogP) is -1.30. The molecule has 4 rings (SSSR count). The van der Waals surface area contributed by atoms with E-state index in [2.05, 4.69) is 31.8 Å². The number of carbonyl (C=O) groups excluding carboxylic acids is 1. The SMILES string of the molecule is O=C(NCC1CC(F)CC(Cl)C1)C1NNC2NC=NC(N[C@@H]3CC[C@@H](O)[C@H]3O)C21. The molecular weight excluding hydrogens is 403 g/mol. The zero-order valence-electron chi connectivity index (χ0n) is 16.1. The van der Waals surface area contributed by atoms with Crippen molar-refractivity contribution < 1.29 is 19.4 Å². The smallest absolute Gasteiger partial charge is 0.239 e. The summed E-state index contributed by atoms with van der Waals surface area (Å²) in [4.78, 5) is 17.3. The second-order valence-corrected chi connectivity index (χ2v) is 9.25. The number of aliphatic hydroxyl groups excluding tert-OH is 2. The van der Waals surface area contributed by atoms with Crippen molar-refractivity contribution in [3.8, 4) is 0 Å². The lowest BCUT2D eigenvalue weighted by Gasteiger charge is -2.34. The number of alkyl halides is 2. The van der Waals surface area contributed by atoms with Crippen LogP contribution in [0, 0.1) is 11.8 Å². The number of hydrazine groups is 1. The van der Waals surface area contributed by atoms with Crippen LogP contribution in [0.2, 0.25) is 0 Å². The minimum atomic E-state index is -0.914. The minimum absolute atomic E-state index is 0.0295. The van der Waals surface area contributed by atoms with Gasteiger partial charge in [-0.2, -0.15) is 0 Å². The van der Waals surface area contributed by atoms with E-state index in [9.17, 15) is 19.4 Å². The molecule has 1 amide bonds. The first-order chi connectivity index (χ1) is 13.9. The van der Waals surface area contributed by atoms with Gasteiger partial charge in [-0.3, -0.25) is 15.1 Å². The summed E-state index contributed by atoms with van der Waals surface area (Å²) < 4.78 is 13.7. The molecule has 7 unspecified atom stereocenters. The van der Waals surface area contributed by atoms with Crippen LogP contribution >= 0.6 is 11.6 Å². The zero-order valence-corrected chi connectivity index (χ0v) is 16.9. The summed E-state index contributed by atoms with van der Waals surface area (Å²) in [5.41, 5.74) is 6.09. The Bertz CT molecular complexity index is 620. The van der Waals surface area contributed by atoms with Crippen LogP contribution in [-0.4, -0.2) is 77.2 Å². The molecule has 0 spiro atoms. The summed E-state index contributed by atoms with van der Waals surface area (Å²) in [6.07, 6.45) is 1.13. The fourth-order valence-electron chi connectivity index (χ4n) is 4.95. The van der Waals surface area contributed by atoms with Gasteiger partial charge in [-0.25, -0.2) is 15.2 Å². The van der Waals surface area contributed by atoms with E-state index in [1.807, 2.05) is 0 Å². The Kier molecular flexibility index (Phi) is 6.57. The van der Waals surface area contributed by atoms with Gasteiger partial charge in [0.05, 0.1) is 30.6 Å². The lowest BCUT2D eigenvalue weighted by Crippen LogP contribution is -2.58. The second kappa shape index (κ2) is 8.99. The molecule has 1 saturated heterocycles. The molecule has 2 saturated carbocycles. The van der Waals surface area contributed by atoms with Crippen molar-refractivity contribution in [2.24, 2.45) is 16.8 Å². The molecule has 10 atom stereocenters. The summed E-state index contributed by atoms with van der Waals surface area (Å²) in [5.74, 6) is -0.400. The Balaban J connectivity index is 1.36. The Hall–Kier alpha value is -1.04. The van der Waals surface area contributed by atoms with Gasteiger partial charge in [-0.15, -0.1) is 11.6 Å². The van der Waals surface area contributed by atoms with E-state index >= 15 is 0 Å². The molecule has 0 aromatic heterocycles. The van der Waals surface area contributed by atoms with Crippen LogP contribution < -0.4 is 26.8 Å². The molecule has 164 valence electrons. The molecule has 2 aliphatic carbocycles. The Morgan fingerprint density at radius 3 is 2.79 bits per heavy atom. The molecule has 0 radical (unpaired) electrons. The summed E-state index contributed by atoms with van der Waals surface area (Å²) in [6, 6.07) is -0.831. The van der Waals surface area contributed by atoms with E-state index in [1.54, 1.807) is 6.34 Å². The number of amides is 1. The molecule has 7 N–H and O–H groups in total. The number of aliphatic imine (C=N–C) groups is 1. The number of fused-ring (bicyclic) bond motifs is 1. The monoisotopic (exact) mass is 432 g/mol. The highest BCUT2D eigenvalue weighted by atomic mass is 35.5. The van der Waals surface area contributed by atoms with Crippen molar-refractivity contribution in [1.29, 1.82) is 0 Å². The first-order valence-corrected chi connectivity index (χ1v) is 10.8. The van der Waals surface area contributed by atoms with E-state index in [0.29, 0.717) is 38.6 Å². The second-order valence-electron chi connectivity index (χ2n) is 8.63. The largest absolute Gasteiger partial charge is 0.390 e. The standard InChI is InChI=1S/C18H30ClFN6O3/c19-9-3-8(4-10(20)5-9)6-21-18(29)14-13-16(22-7-23-17(13)26-25-14)24-11-1-2-12(27)15(11)28/h7-17,24-28H,1-6H2,(H,21,29)(H,22,23)/t8?,9?,10?,11-,12-,13?,14?,15+,16?,17?/m1/s1. The average molecular weight is 433 g/mol. The Labute approximate surface area is 174 Å². The maximum atomic E-state index is 13.7. The zero-order chi connectivity index (χ0) is 20.5. The van der Waals surface area contributed by atoms with Gasteiger partial charge < -0.3 is 20.8 Å². The molecule has 2 aliphatic heterocycles. The van der Waals surface area contributed by atoms with Gasteiger partial charge in [0.1, 0.15) is 18.4 Å². The number of hydrogen-bond donors (Lipinski definition) is 7. The molecule has 9 nitrogen and oxygen atoms in total. The maximum absolute atomic E-state index is 13.7. The molecule has 0 bridgehead atoms. The van der Waals surface area contributed by atoms with E-state index in [-0.39, 0.29) is 35.3 Å². The number of carbonyl (C=O) groups is 1. The number of nitrogens with zero attached hydrogens (tertiary/aromatic N) is 1. The molecular formula is C18H30ClFN6O3. The number of nitrogens with one attached hydrogen (secondary N) is 5. The lowest BCUT2D eigenvalue weighted by atomic mass is 9.87. The lowest BCUT2D eigenvalue weighted by molar-refractivity contribution is -0.124. The van der Waals surface area contributed by atoms with E-state index < -0.39 is 30.6 Å². The molecule has 2 heterocycles. The number of halogens is 2. The van der Waals surface area contributed by atoms with Gasteiger partial charge in [0.15, 0.2) is 0 Å². The molecule has 4 aliphatic rings. The van der Waals surface area contributed by atoms with Crippen molar-refractivity contribution in [1.82, 2.24) is 26.8 Å².